The minimum Gasteiger partial charge on any atom is -0.497 e. The number of anilines is 2. The van der Waals surface area contributed by atoms with Gasteiger partial charge in [-0.3, -0.25) is 18.9 Å². The molecule has 1 aromatic heterocycles. The number of aromatic nitrogens is 1. The normalized spacial score (nSPS) is 10.9. The van der Waals surface area contributed by atoms with Crippen LogP contribution in [0.5, 0.6) is 11.5 Å². The highest BCUT2D eigenvalue weighted by Gasteiger charge is 2.30. The number of carbonyl (C=O) groups excluding carboxylic acids is 2. The number of methoxy groups -OCH3 is 2. The van der Waals surface area contributed by atoms with Crippen molar-refractivity contribution in [1.29, 1.82) is 0 Å². The van der Waals surface area contributed by atoms with Crippen molar-refractivity contribution in [2.75, 3.05) is 30.4 Å². The third kappa shape index (κ3) is 5.47. The number of sulfonamides is 1. The molecule has 0 fully saturated rings. The highest BCUT2D eigenvalue weighted by Crippen LogP contribution is 2.35. The maximum atomic E-state index is 13.6. The van der Waals surface area contributed by atoms with E-state index in [2.05, 4.69) is 10.3 Å². The number of nitrogens with one attached hydrogen (secondary N) is 1. The molecule has 0 aliphatic carbocycles. The monoisotopic (exact) mass is 469 g/mol. The van der Waals surface area contributed by atoms with Crippen molar-refractivity contribution < 1.29 is 27.5 Å². The van der Waals surface area contributed by atoms with Crippen molar-refractivity contribution in [2.24, 2.45) is 0 Å². The fourth-order valence-corrected chi connectivity index (χ4v) is 4.47. The van der Waals surface area contributed by atoms with Crippen LogP contribution in [-0.2, 0) is 14.8 Å². The molecule has 0 radical (unpaired) electrons. The molecule has 10 heteroatoms. The summed E-state index contributed by atoms with van der Waals surface area (Å²) in [4.78, 5) is 28.2. The maximum Gasteiger partial charge on any atom is 0.264 e. The molecule has 0 spiro atoms. The van der Waals surface area contributed by atoms with Crippen LogP contribution in [0.25, 0.3) is 0 Å². The highest BCUT2D eigenvalue weighted by molar-refractivity contribution is 7.92. The van der Waals surface area contributed by atoms with Crippen molar-refractivity contribution in [3.05, 3.63) is 72.6 Å². The smallest absolute Gasteiger partial charge is 0.264 e. The van der Waals surface area contributed by atoms with E-state index in [9.17, 15) is 18.0 Å². The fraction of sp³-hybridized carbons (Fsp3) is 0.174. The Hall–Kier alpha value is -3.92. The van der Waals surface area contributed by atoms with Gasteiger partial charge in [0, 0.05) is 17.8 Å². The molecule has 0 atom stereocenters. The zero-order valence-corrected chi connectivity index (χ0v) is 19.1. The second kappa shape index (κ2) is 10.1. The number of pyridine rings is 1. The number of carbonyl (C=O) groups is 2. The van der Waals surface area contributed by atoms with E-state index in [-0.39, 0.29) is 22.1 Å². The summed E-state index contributed by atoms with van der Waals surface area (Å²) in [6, 6.07) is 13.4. The van der Waals surface area contributed by atoms with Gasteiger partial charge in [0.15, 0.2) is 5.78 Å². The van der Waals surface area contributed by atoms with Crippen LogP contribution < -0.4 is 19.1 Å². The number of hydrogen-bond donors (Lipinski definition) is 1. The minimum absolute atomic E-state index is 0.0912. The molecule has 0 saturated carbocycles. The molecule has 2 aromatic carbocycles. The van der Waals surface area contributed by atoms with Crippen LogP contribution in [-0.4, -0.2) is 45.9 Å². The van der Waals surface area contributed by atoms with Gasteiger partial charge in [-0.1, -0.05) is 12.1 Å². The van der Waals surface area contributed by atoms with Gasteiger partial charge in [-0.2, -0.15) is 0 Å². The van der Waals surface area contributed by atoms with Crippen LogP contribution in [0.2, 0.25) is 0 Å². The van der Waals surface area contributed by atoms with Crippen molar-refractivity contribution in [3.8, 4) is 11.5 Å². The summed E-state index contributed by atoms with van der Waals surface area (Å²) in [7, 11) is -1.39. The first-order valence-electron chi connectivity index (χ1n) is 9.82. The van der Waals surface area contributed by atoms with E-state index in [4.69, 9.17) is 9.47 Å². The molecule has 0 unspecified atom stereocenters. The summed E-state index contributed by atoms with van der Waals surface area (Å²) >= 11 is 0. The summed E-state index contributed by atoms with van der Waals surface area (Å²) in [5, 5.41) is 2.63. The van der Waals surface area contributed by atoms with Gasteiger partial charge in [-0.25, -0.2) is 8.42 Å². The largest absolute Gasteiger partial charge is 0.497 e. The molecule has 3 rings (SSSR count). The van der Waals surface area contributed by atoms with Crippen LogP contribution in [0, 0.1) is 0 Å². The van der Waals surface area contributed by atoms with E-state index < -0.39 is 22.5 Å². The van der Waals surface area contributed by atoms with Gasteiger partial charge in [0.1, 0.15) is 18.0 Å². The lowest BCUT2D eigenvalue weighted by Crippen LogP contribution is -2.38. The zero-order chi connectivity index (χ0) is 24.0. The summed E-state index contributed by atoms with van der Waals surface area (Å²) in [6.07, 6.45) is 3.00. The van der Waals surface area contributed by atoms with Gasteiger partial charge < -0.3 is 14.8 Å². The highest BCUT2D eigenvalue weighted by atomic mass is 32.2. The second-order valence-corrected chi connectivity index (χ2v) is 8.78. The quantitative estimate of drug-likeness (QED) is 0.479. The van der Waals surface area contributed by atoms with Gasteiger partial charge in [0.2, 0.25) is 5.91 Å². The van der Waals surface area contributed by atoms with E-state index >= 15 is 0 Å². The third-order valence-electron chi connectivity index (χ3n) is 4.74. The molecule has 1 heterocycles. The summed E-state index contributed by atoms with van der Waals surface area (Å²) < 4.78 is 38.8. The first-order chi connectivity index (χ1) is 15.8. The minimum atomic E-state index is -4.23. The lowest BCUT2D eigenvalue weighted by Gasteiger charge is -2.26. The van der Waals surface area contributed by atoms with Gasteiger partial charge >= 0.3 is 0 Å². The standard InChI is InChI=1S/C23H23N3O6S/c1-16(27)17-6-9-20(10-7-17)33(29,30)26(15-23(28)25-18-5-4-12-24-14-18)21-13-19(31-2)8-11-22(21)32-3/h4-14H,15H2,1-3H3,(H,25,28). The van der Waals surface area contributed by atoms with Crippen LogP contribution >= 0.6 is 0 Å². The van der Waals surface area contributed by atoms with E-state index in [0.29, 0.717) is 17.0 Å². The molecule has 3 aromatic rings. The number of rotatable bonds is 9. The average Bonchev–Trinajstić information content (AvgIpc) is 2.82. The van der Waals surface area contributed by atoms with Crippen LogP contribution in [0.1, 0.15) is 17.3 Å². The summed E-state index contributed by atoms with van der Waals surface area (Å²) in [6.45, 7) is 0.842. The topological polar surface area (TPSA) is 115 Å². The number of ketones is 1. The van der Waals surface area contributed by atoms with Gasteiger partial charge in [0.05, 0.1) is 36.7 Å². The lowest BCUT2D eigenvalue weighted by molar-refractivity contribution is -0.114. The molecule has 0 bridgehead atoms. The molecular weight excluding hydrogens is 446 g/mol. The molecule has 1 N–H and O–H groups in total. The average molecular weight is 470 g/mol. The maximum absolute atomic E-state index is 13.6. The predicted molar refractivity (Wildman–Crippen MR) is 123 cm³/mol. The SMILES string of the molecule is COc1ccc(OC)c(N(CC(=O)Nc2cccnc2)S(=O)(=O)c2ccc(C(C)=O)cc2)c1. The first kappa shape index (κ1) is 23.7. The van der Waals surface area contributed by atoms with Crippen LogP contribution in [0.4, 0.5) is 11.4 Å². The Kier molecular flexibility index (Phi) is 7.29. The fourth-order valence-electron chi connectivity index (χ4n) is 3.05. The molecule has 0 aliphatic heterocycles. The Bertz CT molecular complexity index is 1240. The predicted octanol–water partition coefficient (Wildman–Crippen LogP) is 3.14. The van der Waals surface area contributed by atoms with Crippen LogP contribution in [0.15, 0.2) is 71.9 Å². The lowest BCUT2D eigenvalue weighted by atomic mass is 10.2. The Morgan fingerprint density at radius 3 is 2.33 bits per heavy atom. The number of ether oxygens (including phenoxy) is 2. The van der Waals surface area contributed by atoms with Gasteiger partial charge in [0.25, 0.3) is 10.0 Å². The van der Waals surface area contributed by atoms with E-state index in [0.717, 1.165) is 4.31 Å². The Morgan fingerprint density at radius 1 is 1.03 bits per heavy atom. The third-order valence-corrected chi connectivity index (χ3v) is 6.51. The number of benzene rings is 2. The molecule has 0 saturated heterocycles. The number of hydrogen-bond acceptors (Lipinski definition) is 7. The Labute approximate surface area is 192 Å². The summed E-state index contributed by atoms with van der Waals surface area (Å²) in [5.41, 5.74) is 0.908. The van der Waals surface area contributed by atoms with Crippen molar-refractivity contribution in [2.45, 2.75) is 11.8 Å². The second-order valence-electron chi connectivity index (χ2n) is 6.92. The Morgan fingerprint density at radius 2 is 1.76 bits per heavy atom. The zero-order valence-electron chi connectivity index (χ0n) is 18.3. The molecule has 33 heavy (non-hydrogen) atoms. The van der Waals surface area contributed by atoms with E-state index in [1.807, 2.05) is 0 Å². The number of Topliss-reactive ketones (excluding diaryl/α,β-unsaturated/α-hetero) is 1. The van der Waals surface area contributed by atoms with Crippen molar-refractivity contribution in [3.63, 3.8) is 0 Å². The number of amides is 1. The van der Waals surface area contributed by atoms with Gasteiger partial charge in [-0.05, 0) is 43.3 Å². The molecule has 1 amide bonds. The Balaban J connectivity index is 2.06. The van der Waals surface area contributed by atoms with Gasteiger partial charge in [-0.15, -0.1) is 0 Å². The molecule has 172 valence electrons. The molecule has 9 nitrogen and oxygen atoms in total. The molecule has 0 aliphatic rings. The first-order valence-corrected chi connectivity index (χ1v) is 11.3. The molecular formula is C23H23N3O6S. The van der Waals surface area contributed by atoms with E-state index in [1.54, 1.807) is 30.5 Å². The van der Waals surface area contributed by atoms with E-state index in [1.165, 1.54) is 57.7 Å². The van der Waals surface area contributed by atoms with Crippen LogP contribution in [0.3, 0.4) is 0 Å². The number of nitrogens with zero attached hydrogens (tertiary/aromatic N) is 2. The summed E-state index contributed by atoms with van der Waals surface area (Å²) in [5.74, 6) is -0.169. The van der Waals surface area contributed by atoms with Crippen molar-refractivity contribution in [1.82, 2.24) is 4.98 Å². The van der Waals surface area contributed by atoms with Crippen molar-refractivity contribution >= 4 is 33.1 Å².